The molecule has 1 unspecified atom stereocenters. The lowest BCUT2D eigenvalue weighted by Gasteiger charge is -2.20. The van der Waals surface area contributed by atoms with E-state index in [2.05, 4.69) is 5.32 Å². The fourth-order valence-electron chi connectivity index (χ4n) is 2.30. The molecule has 7 heteroatoms. The molecule has 1 heterocycles. The van der Waals surface area contributed by atoms with Crippen LogP contribution in [0.2, 0.25) is 0 Å². The van der Waals surface area contributed by atoms with Crippen molar-refractivity contribution in [1.29, 1.82) is 0 Å². The Kier molecular flexibility index (Phi) is 4.58. The Labute approximate surface area is 134 Å². The molecule has 7 nitrogen and oxygen atoms in total. The van der Waals surface area contributed by atoms with Gasteiger partial charge in [0.2, 0.25) is 5.91 Å². The van der Waals surface area contributed by atoms with Crippen molar-refractivity contribution >= 4 is 29.3 Å². The fourth-order valence-corrected chi connectivity index (χ4v) is 2.30. The SMILES string of the molecule is CC(C)(C)OC(=O)Nc1cccc(N2CC(C(=O)O)CC2=O)c1. The van der Waals surface area contributed by atoms with Crippen molar-refractivity contribution in [2.24, 2.45) is 5.92 Å². The number of benzene rings is 1. The summed E-state index contributed by atoms with van der Waals surface area (Å²) >= 11 is 0. The van der Waals surface area contributed by atoms with Crippen molar-refractivity contribution in [3.63, 3.8) is 0 Å². The van der Waals surface area contributed by atoms with E-state index in [9.17, 15) is 14.4 Å². The van der Waals surface area contributed by atoms with Crippen molar-refractivity contribution in [3.8, 4) is 0 Å². The van der Waals surface area contributed by atoms with Gasteiger partial charge in [0, 0.05) is 24.3 Å². The van der Waals surface area contributed by atoms with E-state index in [0.717, 1.165) is 0 Å². The smallest absolute Gasteiger partial charge is 0.412 e. The second-order valence-electron chi connectivity index (χ2n) is 6.42. The van der Waals surface area contributed by atoms with Crippen LogP contribution < -0.4 is 10.2 Å². The maximum atomic E-state index is 12.0. The summed E-state index contributed by atoms with van der Waals surface area (Å²) in [6.07, 6.45) is -0.607. The van der Waals surface area contributed by atoms with E-state index in [1.54, 1.807) is 45.0 Å². The summed E-state index contributed by atoms with van der Waals surface area (Å²) in [5.41, 5.74) is 0.414. The summed E-state index contributed by atoms with van der Waals surface area (Å²) in [6.45, 7) is 5.41. The lowest BCUT2D eigenvalue weighted by Crippen LogP contribution is -2.28. The topological polar surface area (TPSA) is 95.9 Å². The van der Waals surface area contributed by atoms with Crippen LogP contribution in [0.25, 0.3) is 0 Å². The first-order valence-electron chi connectivity index (χ1n) is 7.29. The molecule has 0 aliphatic carbocycles. The second-order valence-corrected chi connectivity index (χ2v) is 6.42. The van der Waals surface area contributed by atoms with E-state index in [-0.39, 0.29) is 18.9 Å². The summed E-state index contributed by atoms with van der Waals surface area (Å²) in [6, 6.07) is 6.67. The zero-order chi connectivity index (χ0) is 17.2. The largest absolute Gasteiger partial charge is 0.481 e. The fraction of sp³-hybridized carbons (Fsp3) is 0.438. The third kappa shape index (κ3) is 4.45. The lowest BCUT2D eigenvalue weighted by atomic mass is 10.1. The van der Waals surface area contributed by atoms with Crippen LogP contribution in [0.1, 0.15) is 27.2 Å². The molecule has 124 valence electrons. The van der Waals surface area contributed by atoms with E-state index in [4.69, 9.17) is 9.84 Å². The number of amides is 2. The Morgan fingerprint density at radius 1 is 1.35 bits per heavy atom. The molecule has 1 aromatic carbocycles. The van der Waals surface area contributed by atoms with Gasteiger partial charge in [-0.1, -0.05) is 6.07 Å². The summed E-state index contributed by atoms with van der Waals surface area (Å²) in [5.74, 6) is -1.93. The molecule has 1 aromatic rings. The van der Waals surface area contributed by atoms with Crippen LogP contribution in [0.15, 0.2) is 24.3 Å². The highest BCUT2D eigenvalue weighted by Crippen LogP contribution is 2.27. The average molecular weight is 320 g/mol. The maximum Gasteiger partial charge on any atom is 0.412 e. The van der Waals surface area contributed by atoms with E-state index in [1.807, 2.05) is 0 Å². The molecule has 0 saturated carbocycles. The Morgan fingerprint density at radius 3 is 2.61 bits per heavy atom. The van der Waals surface area contributed by atoms with Crippen LogP contribution in [0, 0.1) is 5.92 Å². The molecule has 0 aromatic heterocycles. The average Bonchev–Trinajstić information content (AvgIpc) is 2.79. The monoisotopic (exact) mass is 320 g/mol. The van der Waals surface area contributed by atoms with Gasteiger partial charge < -0.3 is 14.7 Å². The van der Waals surface area contributed by atoms with Crippen LogP contribution >= 0.6 is 0 Å². The first-order chi connectivity index (χ1) is 10.7. The molecule has 1 saturated heterocycles. The van der Waals surface area contributed by atoms with Gasteiger partial charge in [-0.25, -0.2) is 4.79 Å². The predicted octanol–water partition coefficient (Wildman–Crippen LogP) is 2.47. The molecule has 1 atom stereocenters. The first kappa shape index (κ1) is 16.8. The minimum atomic E-state index is -0.983. The highest BCUT2D eigenvalue weighted by atomic mass is 16.6. The lowest BCUT2D eigenvalue weighted by molar-refractivity contribution is -0.141. The molecular weight excluding hydrogens is 300 g/mol. The molecule has 2 amide bonds. The summed E-state index contributed by atoms with van der Waals surface area (Å²) < 4.78 is 5.17. The van der Waals surface area contributed by atoms with Gasteiger partial charge in [-0.3, -0.25) is 14.9 Å². The van der Waals surface area contributed by atoms with Crippen LogP contribution in [0.3, 0.4) is 0 Å². The molecule has 0 radical (unpaired) electrons. The van der Waals surface area contributed by atoms with E-state index in [1.165, 1.54) is 4.90 Å². The number of carbonyl (C=O) groups is 3. The Hall–Kier alpha value is -2.57. The van der Waals surface area contributed by atoms with Gasteiger partial charge in [-0.2, -0.15) is 0 Å². The number of rotatable bonds is 3. The van der Waals surface area contributed by atoms with E-state index in [0.29, 0.717) is 11.4 Å². The van der Waals surface area contributed by atoms with Crippen molar-refractivity contribution in [3.05, 3.63) is 24.3 Å². The number of anilines is 2. The van der Waals surface area contributed by atoms with Crippen molar-refractivity contribution in [2.75, 3.05) is 16.8 Å². The van der Waals surface area contributed by atoms with Crippen LogP contribution in [0.4, 0.5) is 16.2 Å². The first-order valence-corrected chi connectivity index (χ1v) is 7.29. The van der Waals surface area contributed by atoms with Gasteiger partial charge in [0.05, 0.1) is 5.92 Å². The van der Waals surface area contributed by atoms with Gasteiger partial charge in [0.15, 0.2) is 0 Å². The summed E-state index contributed by atoms with van der Waals surface area (Å²) in [4.78, 5) is 36.2. The number of nitrogens with one attached hydrogen (secondary N) is 1. The summed E-state index contributed by atoms with van der Waals surface area (Å²) in [5, 5.41) is 11.6. The Balaban J connectivity index is 2.10. The number of hydrogen-bond donors (Lipinski definition) is 2. The quantitative estimate of drug-likeness (QED) is 0.892. The van der Waals surface area contributed by atoms with Gasteiger partial charge in [-0.15, -0.1) is 0 Å². The molecule has 0 bridgehead atoms. The van der Waals surface area contributed by atoms with Crippen LogP contribution in [0.5, 0.6) is 0 Å². The number of carbonyl (C=O) groups excluding carboxylic acids is 2. The highest BCUT2D eigenvalue weighted by Gasteiger charge is 2.35. The number of ether oxygens (including phenoxy) is 1. The molecule has 2 rings (SSSR count). The van der Waals surface area contributed by atoms with E-state index < -0.39 is 23.6 Å². The van der Waals surface area contributed by atoms with Crippen molar-refractivity contribution in [2.45, 2.75) is 32.8 Å². The molecule has 2 N–H and O–H groups in total. The zero-order valence-corrected chi connectivity index (χ0v) is 13.3. The standard InChI is InChI=1S/C16H20N2O5/c1-16(2,3)23-15(22)17-11-5-4-6-12(8-11)18-9-10(14(20)21)7-13(18)19/h4-6,8,10H,7,9H2,1-3H3,(H,17,22)(H,20,21). The minimum absolute atomic E-state index is 0.0148. The van der Waals surface area contributed by atoms with Gasteiger partial charge >= 0.3 is 12.1 Å². The van der Waals surface area contributed by atoms with Crippen molar-refractivity contribution < 1.29 is 24.2 Å². The number of nitrogens with zero attached hydrogens (tertiary/aromatic N) is 1. The van der Waals surface area contributed by atoms with Crippen molar-refractivity contribution in [1.82, 2.24) is 0 Å². The molecule has 1 aliphatic heterocycles. The molecule has 0 spiro atoms. The van der Waals surface area contributed by atoms with E-state index >= 15 is 0 Å². The molecular formula is C16H20N2O5. The Morgan fingerprint density at radius 2 is 2.04 bits per heavy atom. The third-order valence-corrected chi connectivity index (χ3v) is 3.28. The van der Waals surface area contributed by atoms with Gasteiger partial charge in [0.25, 0.3) is 0 Å². The number of hydrogen-bond acceptors (Lipinski definition) is 4. The summed E-state index contributed by atoms with van der Waals surface area (Å²) in [7, 11) is 0. The third-order valence-electron chi connectivity index (χ3n) is 3.28. The normalized spacial score (nSPS) is 18.0. The highest BCUT2D eigenvalue weighted by molar-refractivity contribution is 5.99. The van der Waals surface area contributed by atoms with Gasteiger partial charge in [-0.05, 0) is 39.0 Å². The van der Waals surface area contributed by atoms with Crippen LogP contribution in [-0.4, -0.2) is 35.2 Å². The number of carboxylic acid groups (broad SMARTS) is 1. The maximum absolute atomic E-state index is 12.0. The molecule has 1 fully saturated rings. The zero-order valence-electron chi connectivity index (χ0n) is 13.3. The molecule has 1 aliphatic rings. The van der Waals surface area contributed by atoms with Crippen LogP contribution in [-0.2, 0) is 14.3 Å². The predicted molar refractivity (Wildman–Crippen MR) is 84.4 cm³/mol. The number of carboxylic acids is 1. The van der Waals surface area contributed by atoms with Gasteiger partial charge in [0.1, 0.15) is 5.60 Å². The molecule has 23 heavy (non-hydrogen) atoms. The number of aliphatic carboxylic acids is 1. The Bertz CT molecular complexity index is 636. The minimum Gasteiger partial charge on any atom is -0.481 e. The second kappa shape index (κ2) is 6.28.